The molecule has 19 heavy (non-hydrogen) atoms. The molecule has 0 fully saturated rings. The maximum Gasteiger partial charge on any atom is 0.161 e. The molecule has 3 nitrogen and oxygen atoms in total. The van der Waals surface area contributed by atoms with Crippen molar-refractivity contribution in [2.45, 2.75) is 33.6 Å². The Bertz CT molecular complexity index is 410. The Morgan fingerprint density at radius 3 is 2.53 bits per heavy atom. The lowest BCUT2D eigenvalue weighted by molar-refractivity contribution is 0.171. The summed E-state index contributed by atoms with van der Waals surface area (Å²) in [5.74, 6) is 1.76. The fraction of sp³-hybridized carbons (Fsp3) is 0.625. The summed E-state index contributed by atoms with van der Waals surface area (Å²) in [4.78, 5) is 0. The average Bonchev–Trinajstić information content (AvgIpc) is 2.37. The van der Waals surface area contributed by atoms with E-state index in [9.17, 15) is 0 Å². The third kappa shape index (κ3) is 4.75. The second-order valence-corrected chi connectivity index (χ2v) is 6.29. The van der Waals surface area contributed by atoms with Gasteiger partial charge in [-0.05, 0) is 49.0 Å². The third-order valence-corrected chi connectivity index (χ3v) is 3.25. The summed E-state index contributed by atoms with van der Waals surface area (Å²) in [6, 6.07) is 6.23. The minimum atomic E-state index is 0.407. The van der Waals surface area contributed by atoms with Gasteiger partial charge in [0.1, 0.15) is 13.2 Å². The van der Waals surface area contributed by atoms with E-state index < -0.39 is 0 Å². The fourth-order valence-electron chi connectivity index (χ4n) is 2.06. The van der Waals surface area contributed by atoms with Crippen molar-refractivity contribution in [3.63, 3.8) is 0 Å². The highest BCUT2D eigenvalue weighted by atomic mass is 16.6. The summed E-state index contributed by atoms with van der Waals surface area (Å²) in [7, 11) is 0. The predicted molar refractivity (Wildman–Crippen MR) is 78.1 cm³/mol. The van der Waals surface area contributed by atoms with Gasteiger partial charge >= 0.3 is 0 Å². The molecule has 0 amide bonds. The highest BCUT2D eigenvalue weighted by Crippen LogP contribution is 2.30. The molecule has 3 heteroatoms. The zero-order valence-corrected chi connectivity index (χ0v) is 12.3. The van der Waals surface area contributed by atoms with Crippen LogP contribution >= 0.6 is 0 Å². The predicted octanol–water partition coefficient (Wildman–Crippen LogP) is 3.03. The summed E-state index contributed by atoms with van der Waals surface area (Å²) in [5.41, 5.74) is 1.71. The van der Waals surface area contributed by atoms with E-state index in [4.69, 9.17) is 9.47 Å². The molecular weight excluding hydrogens is 238 g/mol. The van der Waals surface area contributed by atoms with E-state index in [-0.39, 0.29) is 0 Å². The maximum atomic E-state index is 5.59. The highest BCUT2D eigenvalue weighted by molar-refractivity contribution is 5.43. The van der Waals surface area contributed by atoms with Gasteiger partial charge in [-0.15, -0.1) is 0 Å². The zero-order valence-electron chi connectivity index (χ0n) is 12.3. The van der Waals surface area contributed by atoms with Gasteiger partial charge in [-0.2, -0.15) is 0 Å². The Labute approximate surface area is 116 Å². The number of hydrogen-bond donors (Lipinski definition) is 1. The first-order chi connectivity index (χ1) is 9.04. The van der Waals surface area contributed by atoms with Crippen molar-refractivity contribution < 1.29 is 9.47 Å². The molecule has 1 aliphatic rings. The van der Waals surface area contributed by atoms with E-state index in [1.54, 1.807) is 0 Å². The van der Waals surface area contributed by atoms with Crippen LogP contribution in [-0.4, -0.2) is 26.3 Å². The van der Waals surface area contributed by atoms with Crippen LogP contribution in [0.4, 0.5) is 0 Å². The van der Waals surface area contributed by atoms with Gasteiger partial charge in [-0.25, -0.2) is 0 Å². The molecule has 1 aromatic rings. The molecule has 0 saturated carbocycles. The first kappa shape index (κ1) is 14.2. The van der Waals surface area contributed by atoms with Gasteiger partial charge in [0.15, 0.2) is 11.5 Å². The number of rotatable bonds is 5. The topological polar surface area (TPSA) is 30.5 Å². The normalized spacial score (nSPS) is 14.5. The third-order valence-electron chi connectivity index (χ3n) is 3.25. The Balaban J connectivity index is 1.74. The Kier molecular flexibility index (Phi) is 4.70. The van der Waals surface area contributed by atoms with Crippen LogP contribution in [0.3, 0.4) is 0 Å². The van der Waals surface area contributed by atoms with Gasteiger partial charge in [-0.3, -0.25) is 0 Å². The summed E-state index contributed by atoms with van der Waals surface area (Å²) in [6.45, 7) is 10.2. The van der Waals surface area contributed by atoms with Crippen LogP contribution in [-0.2, 0) is 6.42 Å². The van der Waals surface area contributed by atoms with Crippen LogP contribution < -0.4 is 14.8 Å². The van der Waals surface area contributed by atoms with Crippen LogP contribution in [0.25, 0.3) is 0 Å². The summed E-state index contributed by atoms with van der Waals surface area (Å²) >= 11 is 0. The minimum Gasteiger partial charge on any atom is -0.486 e. The standard InChI is InChI=1S/C16H25NO2/c1-16(2,3)7-9-17-8-6-13-4-5-14-15(12-13)19-11-10-18-14/h4-5,12,17H,6-11H2,1-3H3. The fourth-order valence-corrected chi connectivity index (χ4v) is 2.06. The number of fused-ring (bicyclic) bond motifs is 1. The smallest absolute Gasteiger partial charge is 0.161 e. The molecule has 0 atom stereocenters. The van der Waals surface area contributed by atoms with Gasteiger partial charge in [0.25, 0.3) is 0 Å². The van der Waals surface area contributed by atoms with Crippen molar-refractivity contribution in [2.75, 3.05) is 26.3 Å². The molecule has 1 N–H and O–H groups in total. The van der Waals surface area contributed by atoms with E-state index in [1.807, 2.05) is 6.07 Å². The summed E-state index contributed by atoms with van der Waals surface area (Å²) in [5, 5.41) is 3.50. The average molecular weight is 263 g/mol. The van der Waals surface area contributed by atoms with E-state index in [0.717, 1.165) is 31.0 Å². The zero-order chi connectivity index (χ0) is 13.7. The molecule has 106 valence electrons. The van der Waals surface area contributed by atoms with Gasteiger partial charge in [-0.1, -0.05) is 26.8 Å². The molecule has 0 bridgehead atoms. The molecule has 0 aliphatic carbocycles. The lowest BCUT2D eigenvalue weighted by Gasteiger charge is -2.19. The number of ether oxygens (including phenoxy) is 2. The molecule has 0 aromatic heterocycles. The van der Waals surface area contributed by atoms with E-state index in [1.165, 1.54) is 12.0 Å². The second kappa shape index (κ2) is 6.29. The molecule has 0 unspecified atom stereocenters. The quantitative estimate of drug-likeness (QED) is 0.828. The van der Waals surface area contributed by atoms with Crippen LogP contribution in [0.15, 0.2) is 18.2 Å². The summed E-state index contributed by atoms with van der Waals surface area (Å²) in [6.07, 6.45) is 2.23. The van der Waals surface area contributed by atoms with Crippen LogP contribution in [0.1, 0.15) is 32.8 Å². The molecule has 0 spiro atoms. The van der Waals surface area contributed by atoms with E-state index in [0.29, 0.717) is 18.6 Å². The van der Waals surface area contributed by atoms with E-state index >= 15 is 0 Å². The maximum absolute atomic E-state index is 5.59. The molecule has 0 radical (unpaired) electrons. The minimum absolute atomic E-state index is 0.407. The highest BCUT2D eigenvalue weighted by Gasteiger charge is 2.11. The van der Waals surface area contributed by atoms with Crippen molar-refractivity contribution in [1.82, 2.24) is 5.32 Å². The van der Waals surface area contributed by atoms with Gasteiger partial charge in [0, 0.05) is 0 Å². The molecule has 1 aromatic carbocycles. The van der Waals surface area contributed by atoms with Crippen LogP contribution in [0, 0.1) is 5.41 Å². The molecular formula is C16H25NO2. The Hall–Kier alpha value is -1.22. The summed E-state index contributed by atoms with van der Waals surface area (Å²) < 4.78 is 11.1. The van der Waals surface area contributed by atoms with Crippen molar-refractivity contribution in [2.24, 2.45) is 5.41 Å². The lowest BCUT2D eigenvalue weighted by atomic mass is 9.92. The van der Waals surface area contributed by atoms with Crippen molar-refractivity contribution in [3.8, 4) is 11.5 Å². The number of nitrogens with one attached hydrogen (secondary N) is 1. The van der Waals surface area contributed by atoms with Gasteiger partial charge in [0.2, 0.25) is 0 Å². The van der Waals surface area contributed by atoms with Crippen LogP contribution in [0.5, 0.6) is 11.5 Å². The lowest BCUT2D eigenvalue weighted by Crippen LogP contribution is -2.22. The molecule has 1 heterocycles. The Morgan fingerprint density at radius 2 is 1.79 bits per heavy atom. The molecule has 1 aliphatic heterocycles. The molecule has 0 saturated heterocycles. The monoisotopic (exact) mass is 263 g/mol. The SMILES string of the molecule is CC(C)(C)CCNCCc1ccc2c(c1)OCCO2. The second-order valence-electron chi connectivity index (χ2n) is 6.29. The molecule has 2 rings (SSSR count). The van der Waals surface area contributed by atoms with Crippen molar-refractivity contribution in [3.05, 3.63) is 23.8 Å². The number of hydrogen-bond acceptors (Lipinski definition) is 3. The number of benzene rings is 1. The van der Waals surface area contributed by atoms with Crippen molar-refractivity contribution >= 4 is 0 Å². The first-order valence-corrected chi connectivity index (χ1v) is 7.14. The first-order valence-electron chi connectivity index (χ1n) is 7.14. The van der Waals surface area contributed by atoms with Crippen molar-refractivity contribution in [1.29, 1.82) is 0 Å². The van der Waals surface area contributed by atoms with Gasteiger partial charge in [0.05, 0.1) is 0 Å². The van der Waals surface area contributed by atoms with Crippen LogP contribution in [0.2, 0.25) is 0 Å². The Morgan fingerprint density at radius 1 is 1.05 bits per heavy atom. The van der Waals surface area contributed by atoms with E-state index in [2.05, 4.69) is 38.2 Å². The van der Waals surface area contributed by atoms with Gasteiger partial charge < -0.3 is 14.8 Å². The largest absolute Gasteiger partial charge is 0.486 e.